The van der Waals surface area contributed by atoms with E-state index >= 15 is 0 Å². The van der Waals surface area contributed by atoms with Crippen LogP contribution in [0.15, 0.2) is 25.3 Å². The number of aliphatic hydroxyl groups excluding tert-OH is 2. The molecule has 2 fully saturated rings. The fraction of sp³-hybridized carbons (Fsp3) is 0.667. The van der Waals surface area contributed by atoms with E-state index in [9.17, 15) is 0 Å². The van der Waals surface area contributed by atoms with E-state index in [1.165, 1.54) is 0 Å². The smallest absolute Gasteiger partial charge is 0.111 e. The summed E-state index contributed by atoms with van der Waals surface area (Å²) in [5, 5.41) is 15.2. The van der Waals surface area contributed by atoms with E-state index in [0.29, 0.717) is 0 Å². The Kier molecular flexibility index (Phi) is 6.39. The van der Waals surface area contributed by atoms with Gasteiger partial charge < -0.3 is 24.4 Å². The summed E-state index contributed by atoms with van der Waals surface area (Å²) >= 11 is 0. The molecule has 2 aliphatic heterocycles. The highest BCUT2D eigenvalue weighted by molar-refractivity contribution is 4.99. The van der Waals surface area contributed by atoms with E-state index in [1.54, 1.807) is 12.2 Å². The number of rotatable bonds is 7. The molecule has 0 aromatic heterocycles. The predicted octanol–water partition coefficient (Wildman–Crippen LogP) is -0.119. The average molecular weight is 244 g/mol. The molecule has 0 aromatic carbocycles. The van der Waals surface area contributed by atoms with Crippen LogP contribution >= 0.6 is 0 Å². The van der Waals surface area contributed by atoms with E-state index < -0.39 is 0 Å². The summed E-state index contributed by atoms with van der Waals surface area (Å²) in [5.41, 5.74) is 0. The normalized spacial score (nSPS) is 28.4. The van der Waals surface area contributed by atoms with Crippen LogP contribution in [0.25, 0.3) is 0 Å². The van der Waals surface area contributed by atoms with Crippen molar-refractivity contribution in [2.24, 2.45) is 0 Å². The first-order valence-corrected chi connectivity index (χ1v) is 5.62. The van der Waals surface area contributed by atoms with Gasteiger partial charge in [-0.25, -0.2) is 0 Å². The summed E-state index contributed by atoms with van der Waals surface area (Å²) < 4.78 is 16.0. The van der Waals surface area contributed by atoms with Crippen LogP contribution in [-0.4, -0.2) is 61.1 Å². The highest BCUT2D eigenvalue weighted by Crippen LogP contribution is 2.24. The summed E-state index contributed by atoms with van der Waals surface area (Å²) in [6.07, 6.45) is 3.89. The summed E-state index contributed by atoms with van der Waals surface area (Å²) in [7, 11) is 0. The quantitative estimate of drug-likeness (QED) is 0.482. The maximum absolute atomic E-state index is 7.62. The van der Waals surface area contributed by atoms with Gasteiger partial charge in [-0.15, -0.1) is 13.2 Å². The lowest BCUT2D eigenvalue weighted by molar-refractivity contribution is 0.0119. The molecule has 0 bridgehead atoms. The number of hydrogen-bond donors (Lipinski definition) is 2. The second-order valence-electron chi connectivity index (χ2n) is 3.73. The van der Waals surface area contributed by atoms with Crippen molar-refractivity contribution in [1.82, 2.24) is 0 Å². The van der Waals surface area contributed by atoms with Gasteiger partial charge in [-0.3, -0.25) is 0 Å². The van der Waals surface area contributed by atoms with Crippen molar-refractivity contribution >= 4 is 0 Å². The SMILES string of the molecule is C=CC(OC(C=C)C1CO1)C1CO1.OCCO. The van der Waals surface area contributed by atoms with Gasteiger partial charge in [0.1, 0.15) is 24.4 Å². The summed E-state index contributed by atoms with van der Waals surface area (Å²) in [6, 6.07) is 0. The lowest BCUT2D eigenvalue weighted by Gasteiger charge is -2.16. The van der Waals surface area contributed by atoms with Gasteiger partial charge in [-0.2, -0.15) is 0 Å². The number of epoxide rings is 2. The molecule has 2 aliphatic rings. The van der Waals surface area contributed by atoms with Crippen molar-refractivity contribution in [1.29, 1.82) is 0 Å². The lowest BCUT2D eigenvalue weighted by Crippen LogP contribution is -2.27. The van der Waals surface area contributed by atoms with Crippen LogP contribution in [0.3, 0.4) is 0 Å². The van der Waals surface area contributed by atoms with E-state index in [0.717, 1.165) is 13.2 Å². The molecule has 0 aromatic rings. The molecule has 17 heavy (non-hydrogen) atoms. The van der Waals surface area contributed by atoms with Crippen LogP contribution in [0.1, 0.15) is 0 Å². The second-order valence-corrected chi connectivity index (χ2v) is 3.73. The summed E-state index contributed by atoms with van der Waals surface area (Å²) in [6.45, 7) is 8.71. The van der Waals surface area contributed by atoms with Crippen molar-refractivity contribution < 1.29 is 24.4 Å². The van der Waals surface area contributed by atoms with Crippen LogP contribution in [0.5, 0.6) is 0 Å². The Morgan fingerprint density at radius 1 is 1.06 bits per heavy atom. The monoisotopic (exact) mass is 244 g/mol. The van der Waals surface area contributed by atoms with Crippen LogP contribution in [0, 0.1) is 0 Å². The fourth-order valence-corrected chi connectivity index (χ4v) is 1.26. The van der Waals surface area contributed by atoms with Gasteiger partial charge in [0, 0.05) is 0 Å². The first-order chi connectivity index (χ1) is 8.26. The minimum atomic E-state index is -0.125. The molecule has 2 N–H and O–H groups in total. The number of hydrogen-bond acceptors (Lipinski definition) is 5. The first kappa shape index (κ1) is 14.3. The van der Waals surface area contributed by atoms with Crippen LogP contribution in [0.2, 0.25) is 0 Å². The van der Waals surface area contributed by atoms with Crippen molar-refractivity contribution in [2.75, 3.05) is 26.4 Å². The number of aliphatic hydroxyl groups is 2. The van der Waals surface area contributed by atoms with Crippen molar-refractivity contribution in [3.05, 3.63) is 25.3 Å². The van der Waals surface area contributed by atoms with E-state index in [2.05, 4.69) is 13.2 Å². The molecule has 0 radical (unpaired) electrons. The molecule has 5 heteroatoms. The minimum absolute atomic E-state index is 0.0211. The molecule has 0 amide bonds. The molecule has 4 unspecified atom stereocenters. The Balaban J connectivity index is 0.000000317. The maximum atomic E-state index is 7.62. The molecule has 2 heterocycles. The Hall–Kier alpha value is -0.720. The Morgan fingerprint density at radius 3 is 1.59 bits per heavy atom. The Labute approximate surface area is 101 Å². The van der Waals surface area contributed by atoms with E-state index in [1.807, 2.05) is 0 Å². The lowest BCUT2D eigenvalue weighted by atomic mass is 10.2. The van der Waals surface area contributed by atoms with Gasteiger partial charge >= 0.3 is 0 Å². The van der Waals surface area contributed by atoms with Crippen molar-refractivity contribution in [3.63, 3.8) is 0 Å². The number of ether oxygens (including phenoxy) is 3. The molecule has 5 nitrogen and oxygen atoms in total. The molecule has 98 valence electrons. The predicted molar refractivity (Wildman–Crippen MR) is 62.7 cm³/mol. The van der Waals surface area contributed by atoms with Crippen LogP contribution in [0.4, 0.5) is 0 Å². The van der Waals surface area contributed by atoms with Crippen molar-refractivity contribution in [2.45, 2.75) is 24.4 Å². The third-order valence-electron chi connectivity index (χ3n) is 2.33. The maximum Gasteiger partial charge on any atom is 0.111 e. The molecule has 0 spiro atoms. The van der Waals surface area contributed by atoms with Crippen molar-refractivity contribution in [3.8, 4) is 0 Å². The fourth-order valence-electron chi connectivity index (χ4n) is 1.26. The first-order valence-electron chi connectivity index (χ1n) is 5.62. The molecule has 0 saturated carbocycles. The molecule has 4 atom stereocenters. The van der Waals surface area contributed by atoms with E-state index in [-0.39, 0.29) is 37.6 Å². The zero-order chi connectivity index (χ0) is 12.7. The van der Waals surface area contributed by atoms with Gasteiger partial charge in [0.05, 0.1) is 26.4 Å². The van der Waals surface area contributed by atoms with Gasteiger partial charge in [0.15, 0.2) is 0 Å². The molecular weight excluding hydrogens is 224 g/mol. The molecule has 2 rings (SSSR count). The largest absolute Gasteiger partial charge is 0.394 e. The molecule has 0 aliphatic carbocycles. The molecular formula is C12H20O5. The van der Waals surface area contributed by atoms with Gasteiger partial charge in [0.25, 0.3) is 0 Å². The van der Waals surface area contributed by atoms with Crippen LogP contribution < -0.4 is 0 Å². The highest BCUT2D eigenvalue weighted by atomic mass is 16.6. The topological polar surface area (TPSA) is 74.8 Å². The zero-order valence-corrected chi connectivity index (χ0v) is 9.83. The van der Waals surface area contributed by atoms with E-state index in [4.69, 9.17) is 24.4 Å². The Bertz CT molecular complexity index is 211. The average Bonchev–Trinajstić information content (AvgIpc) is 3.20. The minimum Gasteiger partial charge on any atom is -0.394 e. The standard InChI is InChI=1S/C10H14O3.C2H6O2/c1-3-7(9-5-11-9)13-8(4-2)10-6-12-10;3-1-2-4/h3-4,7-10H,1-2,5-6H2;3-4H,1-2H2. The third kappa shape index (κ3) is 5.43. The zero-order valence-electron chi connectivity index (χ0n) is 9.83. The highest BCUT2D eigenvalue weighted by Gasteiger charge is 2.38. The van der Waals surface area contributed by atoms with Gasteiger partial charge in [-0.05, 0) is 0 Å². The molecule has 2 saturated heterocycles. The van der Waals surface area contributed by atoms with Gasteiger partial charge in [0.2, 0.25) is 0 Å². The second kappa shape index (κ2) is 7.58. The summed E-state index contributed by atoms with van der Waals surface area (Å²) in [4.78, 5) is 0. The van der Waals surface area contributed by atoms with Gasteiger partial charge in [-0.1, -0.05) is 12.2 Å². The third-order valence-corrected chi connectivity index (χ3v) is 2.33. The Morgan fingerprint density at radius 2 is 1.41 bits per heavy atom. The summed E-state index contributed by atoms with van der Waals surface area (Å²) in [5.74, 6) is 0. The van der Waals surface area contributed by atoms with Crippen LogP contribution in [-0.2, 0) is 14.2 Å².